The van der Waals surface area contributed by atoms with Gasteiger partial charge in [0, 0.05) is 12.5 Å². The van der Waals surface area contributed by atoms with Crippen LogP contribution in [0.25, 0.3) is 0 Å². The first-order chi connectivity index (χ1) is 7.10. The van der Waals surface area contributed by atoms with Crippen molar-refractivity contribution in [1.29, 1.82) is 0 Å². The van der Waals surface area contributed by atoms with E-state index < -0.39 is 6.10 Å². The van der Waals surface area contributed by atoms with E-state index in [0.717, 1.165) is 0 Å². The van der Waals surface area contributed by atoms with E-state index in [2.05, 4.69) is 9.97 Å². The maximum absolute atomic E-state index is 9.65. The van der Waals surface area contributed by atoms with E-state index in [1.54, 1.807) is 6.20 Å². The van der Waals surface area contributed by atoms with Crippen LogP contribution in [-0.4, -0.2) is 28.7 Å². The number of methoxy groups -OCH3 is 1. The lowest BCUT2D eigenvalue weighted by Crippen LogP contribution is -2.15. The van der Waals surface area contributed by atoms with Crippen molar-refractivity contribution < 1.29 is 9.84 Å². The summed E-state index contributed by atoms with van der Waals surface area (Å²) >= 11 is 0. The highest BCUT2D eigenvalue weighted by atomic mass is 16.5. The Kier molecular flexibility index (Phi) is 3.99. The Balaban J connectivity index is 3.13. The predicted molar refractivity (Wildman–Crippen MR) is 56.7 cm³/mol. The number of hydrogen-bond acceptors (Lipinski definition) is 5. The van der Waals surface area contributed by atoms with E-state index in [-0.39, 0.29) is 12.5 Å². The van der Waals surface area contributed by atoms with Gasteiger partial charge in [0.1, 0.15) is 17.6 Å². The van der Waals surface area contributed by atoms with Crippen molar-refractivity contribution in [3.05, 3.63) is 17.7 Å². The number of aliphatic hydroxyl groups is 1. The van der Waals surface area contributed by atoms with Crippen molar-refractivity contribution in [3.63, 3.8) is 0 Å². The summed E-state index contributed by atoms with van der Waals surface area (Å²) in [7, 11) is 1.51. The van der Waals surface area contributed by atoms with E-state index in [1.165, 1.54) is 7.11 Å². The number of hydrogen-bond donors (Lipinski definition) is 2. The smallest absolute Gasteiger partial charge is 0.161 e. The zero-order chi connectivity index (χ0) is 11.4. The summed E-state index contributed by atoms with van der Waals surface area (Å²) in [4.78, 5) is 8.39. The quantitative estimate of drug-likeness (QED) is 0.762. The van der Waals surface area contributed by atoms with Gasteiger partial charge in [0.25, 0.3) is 0 Å². The third-order valence-corrected chi connectivity index (χ3v) is 2.08. The Morgan fingerprint density at radius 3 is 2.67 bits per heavy atom. The molecule has 1 atom stereocenters. The van der Waals surface area contributed by atoms with Crippen LogP contribution in [0.1, 0.15) is 37.4 Å². The average molecular weight is 211 g/mol. The normalized spacial score (nSPS) is 12.9. The molecule has 1 aromatic rings. The third kappa shape index (κ3) is 2.64. The first-order valence-electron chi connectivity index (χ1n) is 4.89. The molecule has 0 bridgehead atoms. The summed E-state index contributed by atoms with van der Waals surface area (Å²) in [6, 6.07) is 0. The average Bonchev–Trinajstić information content (AvgIpc) is 2.27. The fourth-order valence-electron chi connectivity index (χ4n) is 1.18. The molecule has 5 heteroatoms. The van der Waals surface area contributed by atoms with Crippen LogP contribution in [0.3, 0.4) is 0 Å². The number of nitrogens with two attached hydrogens (primary N) is 1. The van der Waals surface area contributed by atoms with Crippen molar-refractivity contribution in [2.45, 2.75) is 25.9 Å². The summed E-state index contributed by atoms with van der Waals surface area (Å²) in [6.07, 6.45) is 0.761. The molecular weight excluding hydrogens is 194 g/mol. The second-order valence-corrected chi connectivity index (χ2v) is 3.59. The zero-order valence-electron chi connectivity index (χ0n) is 9.27. The standard InChI is InChI=1S/C10H17N3O2/c1-6(2)10-12-5-8(15-3)9(13-10)7(14)4-11/h5-7,14H,4,11H2,1-3H3. The topological polar surface area (TPSA) is 81.3 Å². The van der Waals surface area contributed by atoms with Gasteiger partial charge in [-0.2, -0.15) is 0 Å². The van der Waals surface area contributed by atoms with Crippen molar-refractivity contribution in [2.75, 3.05) is 13.7 Å². The first kappa shape index (κ1) is 11.9. The molecule has 3 N–H and O–H groups in total. The van der Waals surface area contributed by atoms with Crippen molar-refractivity contribution in [2.24, 2.45) is 5.73 Å². The highest BCUT2D eigenvalue weighted by Gasteiger charge is 2.16. The minimum atomic E-state index is -0.805. The van der Waals surface area contributed by atoms with Gasteiger partial charge in [0.15, 0.2) is 5.75 Å². The van der Waals surface area contributed by atoms with Gasteiger partial charge >= 0.3 is 0 Å². The van der Waals surface area contributed by atoms with Crippen LogP contribution in [0.15, 0.2) is 6.20 Å². The SMILES string of the molecule is COc1cnc(C(C)C)nc1C(O)CN. The monoisotopic (exact) mass is 211 g/mol. The van der Waals surface area contributed by atoms with Crippen LogP contribution < -0.4 is 10.5 Å². The molecule has 1 unspecified atom stereocenters. The lowest BCUT2D eigenvalue weighted by molar-refractivity contribution is 0.176. The Labute approximate surface area is 89.3 Å². The molecular formula is C10H17N3O2. The molecule has 0 aromatic carbocycles. The van der Waals surface area contributed by atoms with Gasteiger partial charge in [-0.25, -0.2) is 9.97 Å². The summed E-state index contributed by atoms with van der Waals surface area (Å²) < 4.78 is 5.06. The molecule has 0 saturated heterocycles. The number of nitrogens with zero attached hydrogens (tertiary/aromatic N) is 2. The Bertz CT molecular complexity index is 328. The van der Waals surface area contributed by atoms with Crippen LogP contribution in [0.2, 0.25) is 0 Å². The molecule has 0 aliphatic heterocycles. The Morgan fingerprint density at radius 2 is 2.20 bits per heavy atom. The molecule has 1 rings (SSSR count). The van der Waals surface area contributed by atoms with Gasteiger partial charge in [-0.05, 0) is 0 Å². The summed E-state index contributed by atoms with van der Waals surface area (Å²) in [5.41, 5.74) is 5.84. The lowest BCUT2D eigenvalue weighted by Gasteiger charge is -2.13. The van der Waals surface area contributed by atoms with E-state index in [9.17, 15) is 5.11 Å². The van der Waals surface area contributed by atoms with Crippen LogP contribution >= 0.6 is 0 Å². The summed E-state index contributed by atoms with van der Waals surface area (Å²) in [5.74, 6) is 1.36. The van der Waals surface area contributed by atoms with Gasteiger partial charge in [-0.1, -0.05) is 13.8 Å². The molecule has 0 aliphatic rings. The first-order valence-corrected chi connectivity index (χ1v) is 4.89. The second-order valence-electron chi connectivity index (χ2n) is 3.59. The maximum Gasteiger partial charge on any atom is 0.161 e. The minimum Gasteiger partial charge on any atom is -0.493 e. The molecule has 84 valence electrons. The van der Waals surface area contributed by atoms with Gasteiger partial charge in [0.05, 0.1) is 13.3 Å². The molecule has 15 heavy (non-hydrogen) atoms. The Morgan fingerprint density at radius 1 is 1.53 bits per heavy atom. The largest absolute Gasteiger partial charge is 0.493 e. The highest BCUT2D eigenvalue weighted by molar-refractivity contribution is 5.27. The Hall–Kier alpha value is -1.20. The lowest BCUT2D eigenvalue weighted by atomic mass is 10.2. The second kappa shape index (κ2) is 5.04. The van der Waals surface area contributed by atoms with E-state index in [4.69, 9.17) is 10.5 Å². The molecule has 1 aromatic heterocycles. The molecule has 0 spiro atoms. The van der Waals surface area contributed by atoms with Crippen LogP contribution in [0.5, 0.6) is 5.75 Å². The van der Waals surface area contributed by atoms with Gasteiger partial charge < -0.3 is 15.6 Å². The zero-order valence-corrected chi connectivity index (χ0v) is 9.27. The van der Waals surface area contributed by atoms with Crippen LogP contribution in [0, 0.1) is 0 Å². The molecule has 5 nitrogen and oxygen atoms in total. The molecule has 0 saturated carbocycles. The number of ether oxygens (including phenoxy) is 1. The highest BCUT2D eigenvalue weighted by Crippen LogP contribution is 2.23. The van der Waals surface area contributed by atoms with E-state index >= 15 is 0 Å². The fraction of sp³-hybridized carbons (Fsp3) is 0.600. The van der Waals surface area contributed by atoms with Crippen molar-refractivity contribution >= 4 is 0 Å². The minimum absolute atomic E-state index is 0.116. The fourth-order valence-corrected chi connectivity index (χ4v) is 1.18. The maximum atomic E-state index is 9.65. The van der Waals surface area contributed by atoms with Crippen molar-refractivity contribution in [3.8, 4) is 5.75 Å². The number of rotatable bonds is 4. The third-order valence-electron chi connectivity index (χ3n) is 2.08. The molecule has 0 fully saturated rings. The predicted octanol–water partition coefficient (Wildman–Crippen LogP) is 0.601. The van der Waals surface area contributed by atoms with Crippen molar-refractivity contribution in [1.82, 2.24) is 9.97 Å². The molecule has 0 aliphatic carbocycles. The van der Waals surface area contributed by atoms with E-state index in [0.29, 0.717) is 17.3 Å². The van der Waals surface area contributed by atoms with Gasteiger partial charge in [0.2, 0.25) is 0 Å². The number of aromatic nitrogens is 2. The van der Waals surface area contributed by atoms with Crippen LogP contribution in [-0.2, 0) is 0 Å². The molecule has 0 radical (unpaired) electrons. The molecule has 0 amide bonds. The summed E-state index contributed by atoms with van der Waals surface area (Å²) in [6.45, 7) is 4.09. The van der Waals surface area contributed by atoms with Gasteiger partial charge in [-0.15, -0.1) is 0 Å². The number of aliphatic hydroxyl groups excluding tert-OH is 1. The van der Waals surface area contributed by atoms with E-state index in [1.807, 2.05) is 13.8 Å². The summed E-state index contributed by atoms with van der Waals surface area (Å²) in [5, 5.41) is 9.65. The molecule has 1 heterocycles. The van der Waals surface area contributed by atoms with Crippen LogP contribution in [0.4, 0.5) is 0 Å². The van der Waals surface area contributed by atoms with Gasteiger partial charge in [-0.3, -0.25) is 0 Å².